The smallest absolute Gasteiger partial charge is 0.409 e. The Morgan fingerprint density at radius 3 is 2.41 bits per heavy atom. The predicted octanol–water partition coefficient (Wildman–Crippen LogP) is 1.50. The highest BCUT2D eigenvalue weighted by molar-refractivity contribution is 5.94. The number of ether oxygens (including phenoxy) is 1. The molecule has 0 atom stereocenters. The first-order chi connectivity index (χ1) is 13.1. The first-order valence-corrected chi connectivity index (χ1v) is 9.69. The molecule has 2 aliphatic heterocycles. The fourth-order valence-electron chi connectivity index (χ4n) is 3.43. The number of aromatic nitrogens is 1. The second-order valence-electron chi connectivity index (χ2n) is 7.13. The van der Waals surface area contributed by atoms with Crippen molar-refractivity contribution in [3.8, 4) is 0 Å². The van der Waals surface area contributed by atoms with E-state index in [0.29, 0.717) is 25.3 Å². The van der Waals surface area contributed by atoms with Gasteiger partial charge in [-0.15, -0.1) is 0 Å². The van der Waals surface area contributed by atoms with Gasteiger partial charge in [-0.2, -0.15) is 0 Å². The molecule has 0 bridgehead atoms. The minimum Gasteiger partial charge on any atom is -0.450 e. The zero-order chi connectivity index (χ0) is 19.2. The van der Waals surface area contributed by atoms with Crippen LogP contribution in [0.2, 0.25) is 0 Å². The van der Waals surface area contributed by atoms with E-state index >= 15 is 0 Å². The maximum atomic E-state index is 12.6. The zero-order valence-corrected chi connectivity index (χ0v) is 16.2. The van der Waals surface area contributed by atoms with Crippen LogP contribution in [-0.4, -0.2) is 90.6 Å². The third-order valence-electron chi connectivity index (χ3n) is 5.17. The molecule has 0 aliphatic carbocycles. The summed E-state index contributed by atoms with van der Waals surface area (Å²) in [6.45, 7) is 6.90. The first-order valence-electron chi connectivity index (χ1n) is 9.69. The summed E-state index contributed by atoms with van der Waals surface area (Å²) < 4.78 is 5.04. The molecule has 2 amide bonds. The molecule has 8 nitrogen and oxygen atoms in total. The van der Waals surface area contributed by atoms with E-state index < -0.39 is 0 Å². The second-order valence-corrected chi connectivity index (χ2v) is 7.13. The molecular formula is C19H29N5O3. The number of nitrogens with zero attached hydrogens (tertiary/aromatic N) is 4. The summed E-state index contributed by atoms with van der Waals surface area (Å²) in [5, 5.41) is 3.40. The summed E-state index contributed by atoms with van der Waals surface area (Å²) in [5.74, 6) is 0.810. The van der Waals surface area contributed by atoms with Crippen molar-refractivity contribution in [1.82, 2.24) is 19.7 Å². The van der Waals surface area contributed by atoms with Crippen molar-refractivity contribution in [2.45, 2.75) is 25.8 Å². The van der Waals surface area contributed by atoms with Crippen molar-refractivity contribution in [2.75, 3.05) is 58.2 Å². The molecular weight excluding hydrogens is 346 g/mol. The molecule has 3 rings (SSSR count). The molecule has 3 heterocycles. The average Bonchev–Trinajstić information content (AvgIpc) is 2.69. The van der Waals surface area contributed by atoms with Crippen LogP contribution in [-0.2, 0) is 4.74 Å². The highest BCUT2D eigenvalue weighted by atomic mass is 16.6. The maximum Gasteiger partial charge on any atom is 0.409 e. The number of likely N-dealkylation sites (tertiary alicyclic amines) is 1. The number of piperidine rings is 1. The van der Waals surface area contributed by atoms with Crippen LogP contribution in [0.4, 0.5) is 10.6 Å². The number of anilines is 1. The third-order valence-corrected chi connectivity index (χ3v) is 5.17. The molecule has 1 aromatic rings. The summed E-state index contributed by atoms with van der Waals surface area (Å²) in [6.07, 6.45) is 3.11. The lowest BCUT2D eigenvalue weighted by molar-refractivity contribution is 0.0663. The Morgan fingerprint density at radius 2 is 1.81 bits per heavy atom. The van der Waals surface area contributed by atoms with Crippen LogP contribution in [0.25, 0.3) is 0 Å². The Labute approximate surface area is 160 Å². The van der Waals surface area contributed by atoms with Gasteiger partial charge in [-0.05, 0) is 38.9 Å². The Balaban J connectivity index is 1.48. The number of hydrogen-bond acceptors (Lipinski definition) is 6. The van der Waals surface area contributed by atoms with Crippen LogP contribution in [0, 0.1) is 0 Å². The van der Waals surface area contributed by atoms with Gasteiger partial charge < -0.3 is 24.8 Å². The fraction of sp³-hybridized carbons (Fsp3) is 0.632. The Kier molecular flexibility index (Phi) is 6.49. The fourth-order valence-corrected chi connectivity index (χ4v) is 3.43. The lowest BCUT2D eigenvalue weighted by Gasteiger charge is -2.32. The van der Waals surface area contributed by atoms with E-state index in [1.807, 2.05) is 24.0 Å². The number of rotatable bonds is 4. The number of likely N-dealkylation sites (N-methyl/N-ethyl adjacent to an activating group) is 1. The number of pyridine rings is 1. The molecule has 0 saturated carbocycles. The normalized spacial score (nSPS) is 19.0. The van der Waals surface area contributed by atoms with Gasteiger partial charge in [0.1, 0.15) is 5.82 Å². The van der Waals surface area contributed by atoms with Crippen molar-refractivity contribution in [2.24, 2.45) is 0 Å². The van der Waals surface area contributed by atoms with Gasteiger partial charge >= 0.3 is 6.09 Å². The van der Waals surface area contributed by atoms with E-state index in [1.54, 1.807) is 11.1 Å². The molecule has 0 aromatic carbocycles. The number of piperazine rings is 1. The monoisotopic (exact) mass is 375 g/mol. The van der Waals surface area contributed by atoms with Crippen molar-refractivity contribution < 1.29 is 14.3 Å². The molecule has 0 spiro atoms. The van der Waals surface area contributed by atoms with Crippen molar-refractivity contribution in [3.63, 3.8) is 0 Å². The molecule has 2 saturated heterocycles. The van der Waals surface area contributed by atoms with Crippen molar-refractivity contribution in [1.29, 1.82) is 0 Å². The molecule has 2 aliphatic rings. The van der Waals surface area contributed by atoms with Gasteiger partial charge in [0.15, 0.2) is 0 Å². The molecule has 1 N–H and O–H groups in total. The highest BCUT2D eigenvalue weighted by Gasteiger charge is 2.24. The summed E-state index contributed by atoms with van der Waals surface area (Å²) in [7, 11) is 2.07. The quantitative estimate of drug-likeness (QED) is 0.859. The number of hydrogen-bond donors (Lipinski definition) is 1. The standard InChI is InChI=1S/C19H29N5O3/c1-3-27-19(26)24-8-6-16(7-9-24)21-17-5-4-15(14-20-17)18(25)23-12-10-22(2)11-13-23/h4-5,14,16H,3,6-13H2,1-2H3,(H,20,21). The van der Waals surface area contributed by atoms with Crippen LogP contribution in [0.1, 0.15) is 30.1 Å². The van der Waals surface area contributed by atoms with E-state index in [2.05, 4.69) is 22.2 Å². The van der Waals surface area contributed by atoms with Gasteiger partial charge in [0.05, 0.1) is 12.2 Å². The van der Waals surface area contributed by atoms with Crippen LogP contribution in [0.15, 0.2) is 18.3 Å². The number of carbonyl (C=O) groups excluding carboxylic acids is 2. The number of nitrogens with one attached hydrogen (secondary N) is 1. The summed E-state index contributed by atoms with van der Waals surface area (Å²) >= 11 is 0. The summed E-state index contributed by atoms with van der Waals surface area (Å²) in [5.41, 5.74) is 0.627. The Hall–Kier alpha value is -2.35. The van der Waals surface area contributed by atoms with Gasteiger partial charge in [-0.1, -0.05) is 0 Å². The van der Waals surface area contributed by atoms with Crippen molar-refractivity contribution in [3.05, 3.63) is 23.9 Å². The zero-order valence-electron chi connectivity index (χ0n) is 16.2. The van der Waals surface area contributed by atoms with E-state index in [0.717, 1.165) is 44.8 Å². The second kappa shape index (κ2) is 9.03. The third kappa shape index (κ3) is 5.09. The van der Waals surface area contributed by atoms with E-state index in [4.69, 9.17) is 4.74 Å². The highest BCUT2D eigenvalue weighted by Crippen LogP contribution is 2.17. The largest absolute Gasteiger partial charge is 0.450 e. The molecule has 27 heavy (non-hydrogen) atoms. The van der Waals surface area contributed by atoms with Gasteiger partial charge in [0, 0.05) is 51.5 Å². The van der Waals surface area contributed by atoms with Crippen molar-refractivity contribution >= 4 is 17.8 Å². The minimum atomic E-state index is -0.235. The average molecular weight is 375 g/mol. The van der Waals surface area contributed by atoms with Crippen LogP contribution in [0.5, 0.6) is 0 Å². The van der Waals surface area contributed by atoms with Crippen LogP contribution < -0.4 is 5.32 Å². The molecule has 1 aromatic heterocycles. The number of amides is 2. The first kappa shape index (κ1) is 19.4. The Morgan fingerprint density at radius 1 is 1.11 bits per heavy atom. The topological polar surface area (TPSA) is 78.0 Å². The van der Waals surface area contributed by atoms with Gasteiger partial charge in [0.2, 0.25) is 0 Å². The maximum absolute atomic E-state index is 12.6. The van der Waals surface area contributed by atoms with Crippen LogP contribution in [0.3, 0.4) is 0 Å². The van der Waals surface area contributed by atoms with Gasteiger partial charge in [0.25, 0.3) is 5.91 Å². The molecule has 8 heteroatoms. The Bertz CT molecular complexity index is 635. The van der Waals surface area contributed by atoms with Gasteiger partial charge in [-0.3, -0.25) is 4.79 Å². The predicted molar refractivity (Wildman–Crippen MR) is 103 cm³/mol. The lowest BCUT2D eigenvalue weighted by Crippen LogP contribution is -2.47. The van der Waals surface area contributed by atoms with Gasteiger partial charge in [-0.25, -0.2) is 9.78 Å². The lowest BCUT2D eigenvalue weighted by atomic mass is 10.1. The number of carbonyl (C=O) groups is 2. The summed E-state index contributed by atoms with van der Waals surface area (Å²) in [6, 6.07) is 3.97. The molecule has 2 fully saturated rings. The van der Waals surface area contributed by atoms with E-state index in [9.17, 15) is 9.59 Å². The summed E-state index contributed by atoms with van der Waals surface area (Å²) in [4.78, 5) is 34.6. The molecule has 0 radical (unpaired) electrons. The SMILES string of the molecule is CCOC(=O)N1CCC(Nc2ccc(C(=O)N3CCN(C)CC3)cn2)CC1. The molecule has 148 valence electrons. The van der Waals surface area contributed by atoms with E-state index in [-0.39, 0.29) is 18.0 Å². The minimum absolute atomic E-state index is 0.0462. The van der Waals surface area contributed by atoms with Crippen LogP contribution >= 0.6 is 0 Å². The van der Waals surface area contributed by atoms with E-state index in [1.165, 1.54) is 0 Å². The molecule has 0 unspecified atom stereocenters.